The van der Waals surface area contributed by atoms with Crippen molar-refractivity contribution in [3.8, 4) is 0 Å². The van der Waals surface area contributed by atoms with Crippen molar-refractivity contribution in [3.63, 3.8) is 0 Å². The third-order valence-corrected chi connectivity index (χ3v) is 5.65. The fraction of sp³-hybridized carbons (Fsp3) is 0.714. The molecule has 2 fully saturated rings. The van der Waals surface area contributed by atoms with E-state index in [0.717, 1.165) is 36.8 Å². The van der Waals surface area contributed by atoms with Crippen LogP contribution >= 0.6 is 11.6 Å². The minimum absolute atomic E-state index is 0.301. The number of β-amino-alcohol motifs (C(OH)–C–C–N with tert-alkyl or cyclic N) is 1. The lowest BCUT2D eigenvalue weighted by atomic mass is 10.1. The van der Waals surface area contributed by atoms with Gasteiger partial charge in [0, 0.05) is 37.2 Å². The molecule has 2 heterocycles. The molecule has 2 saturated heterocycles. The molecule has 0 saturated carbocycles. The number of halogens is 1. The van der Waals surface area contributed by atoms with E-state index < -0.39 is 6.10 Å². The third kappa shape index (κ3) is 6.70. The molecule has 0 radical (unpaired) electrons. The molecule has 0 aromatic heterocycles. The van der Waals surface area contributed by atoms with Gasteiger partial charge in [-0.2, -0.15) is 0 Å². The van der Waals surface area contributed by atoms with E-state index in [0.29, 0.717) is 38.0 Å². The Morgan fingerprint density at radius 2 is 1.93 bits per heavy atom. The molecule has 152 valence electrons. The summed E-state index contributed by atoms with van der Waals surface area (Å²) in [4.78, 5) is 4.95. The molecule has 2 aliphatic heterocycles. The maximum Gasteiger partial charge on any atom is 0.0900 e. The van der Waals surface area contributed by atoms with Gasteiger partial charge in [-0.1, -0.05) is 23.7 Å². The summed E-state index contributed by atoms with van der Waals surface area (Å²) in [6, 6.07) is 8.15. The standard InChI is InChI=1S/C21H33ClN2O3/c1-16-10-23(11-17(2)27-16)12-20-4-3-9-24(20)13-21(25)15-26-14-18-5-7-19(22)8-6-18/h5-8,16-17,20-21,25H,3-4,9-15H2,1-2H3. The average Bonchev–Trinajstić information content (AvgIpc) is 3.02. The van der Waals surface area contributed by atoms with Gasteiger partial charge in [-0.25, -0.2) is 0 Å². The predicted octanol–water partition coefficient (Wildman–Crippen LogP) is 2.79. The molecule has 0 aliphatic carbocycles. The first-order chi connectivity index (χ1) is 13.0. The van der Waals surface area contributed by atoms with Crippen LogP contribution in [0.2, 0.25) is 5.02 Å². The average molecular weight is 397 g/mol. The molecule has 4 unspecified atom stereocenters. The highest BCUT2D eigenvalue weighted by Gasteiger charge is 2.30. The fourth-order valence-corrected chi connectivity index (χ4v) is 4.42. The summed E-state index contributed by atoms with van der Waals surface area (Å²) in [6.07, 6.45) is 2.56. The summed E-state index contributed by atoms with van der Waals surface area (Å²) < 4.78 is 11.5. The van der Waals surface area contributed by atoms with Crippen molar-refractivity contribution in [2.75, 3.05) is 39.3 Å². The first kappa shape index (κ1) is 21.0. The third-order valence-electron chi connectivity index (χ3n) is 5.40. The van der Waals surface area contributed by atoms with Crippen LogP contribution in [0.5, 0.6) is 0 Å². The smallest absolute Gasteiger partial charge is 0.0900 e. The van der Waals surface area contributed by atoms with E-state index in [1.165, 1.54) is 12.8 Å². The zero-order valence-electron chi connectivity index (χ0n) is 16.5. The molecule has 1 N–H and O–H groups in total. The van der Waals surface area contributed by atoms with Gasteiger partial charge in [-0.3, -0.25) is 9.80 Å². The number of rotatable bonds is 8. The summed E-state index contributed by atoms with van der Waals surface area (Å²) in [6.45, 7) is 9.97. The van der Waals surface area contributed by atoms with Crippen LogP contribution in [-0.2, 0) is 16.1 Å². The maximum absolute atomic E-state index is 10.4. The summed E-state index contributed by atoms with van der Waals surface area (Å²) in [5, 5.41) is 11.1. The molecule has 0 bridgehead atoms. The van der Waals surface area contributed by atoms with Crippen LogP contribution in [0.15, 0.2) is 24.3 Å². The number of morpholine rings is 1. The minimum atomic E-state index is -0.458. The SMILES string of the molecule is CC1CN(CC2CCCN2CC(O)COCc2ccc(Cl)cc2)CC(C)O1. The summed E-state index contributed by atoms with van der Waals surface area (Å²) in [5.74, 6) is 0. The van der Waals surface area contributed by atoms with Crippen LogP contribution in [0, 0.1) is 0 Å². The number of hydrogen-bond donors (Lipinski definition) is 1. The molecule has 2 aliphatic rings. The van der Waals surface area contributed by atoms with Crippen LogP contribution in [-0.4, -0.2) is 78.6 Å². The van der Waals surface area contributed by atoms with Gasteiger partial charge in [0.25, 0.3) is 0 Å². The van der Waals surface area contributed by atoms with Gasteiger partial charge in [-0.05, 0) is 50.9 Å². The second-order valence-electron chi connectivity index (χ2n) is 8.06. The van der Waals surface area contributed by atoms with E-state index in [2.05, 4.69) is 23.6 Å². The fourth-order valence-electron chi connectivity index (χ4n) is 4.29. The Hall–Kier alpha value is -0.690. The topological polar surface area (TPSA) is 45.2 Å². The van der Waals surface area contributed by atoms with Gasteiger partial charge in [0.1, 0.15) is 0 Å². The Morgan fingerprint density at radius 3 is 2.63 bits per heavy atom. The van der Waals surface area contributed by atoms with Crippen LogP contribution in [0.3, 0.4) is 0 Å². The van der Waals surface area contributed by atoms with E-state index in [9.17, 15) is 5.11 Å². The first-order valence-corrected chi connectivity index (χ1v) is 10.5. The Balaban J connectivity index is 1.39. The Morgan fingerprint density at radius 1 is 1.22 bits per heavy atom. The zero-order chi connectivity index (χ0) is 19.2. The van der Waals surface area contributed by atoms with Crippen molar-refractivity contribution in [1.29, 1.82) is 0 Å². The highest BCUT2D eigenvalue weighted by atomic mass is 35.5. The van der Waals surface area contributed by atoms with Gasteiger partial charge in [0.15, 0.2) is 0 Å². The van der Waals surface area contributed by atoms with Crippen LogP contribution in [0.25, 0.3) is 0 Å². The summed E-state index contributed by atoms with van der Waals surface area (Å²) >= 11 is 5.89. The molecule has 1 aromatic rings. The van der Waals surface area contributed by atoms with Crippen LogP contribution < -0.4 is 0 Å². The van der Waals surface area contributed by atoms with Gasteiger partial charge in [0.05, 0.1) is 31.5 Å². The lowest BCUT2D eigenvalue weighted by molar-refractivity contribution is -0.0735. The molecule has 4 atom stereocenters. The molecule has 27 heavy (non-hydrogen) atoms. The van der Waals surface area contributed by atoms with E-state index in [1.807, 2.05) is 24.3 Å². The van der Waals surface area contributed by atoms with Gasteiger partial charge in [-0.15, -0.1) is 0 Å². The Labute approximate surface area is 168 Å². The number of aliphatic hydroxyl groups excluding tert-OH is 1. The van der Waals surface area contributed by atoms with Crippen molar-refractivity contribution in [2.45, 2.75) is 57.6 Å². The highest BCUT2D eigenvalue weighted by molar-refractivity contribution is 6.30. The highest BCUT2D eigenvalue weighted by Crippen LogP contribution is 2.21. The van der Waals surface area contributed by atoms with Crippen LogP contribution in [0.1, 0.15) is 32.3 Å². The summed E-state index contributed by atoms with van der Waals surface area (Å²) in [7, 11) is 0. The van der Waals surface area contributed by atoms with E-state index in [4.69, 9.17) is 21.1 Å². The van der Waals surface area contributed by atoms with E-state index in [1.54, 1.807) is 0 Å². The molecule has 1 aromatic carbocycles. The number of benzene rings is 1. The first-order valence-electron chi connectivity index (χ1n) is 10.1. The lowest BCUT2D eigenvalue weighted by Crippen LogP contribution is -2.51. The lowest BCUT2D eigenvalue weighted by Gasteiger charge is -2.38. The van der Waals surface area contributed by atoms with Crippen molar-refractivity contribution in [3.05, 3.63) is 34.9 Å². The molecular formula is C21H33ClN2O3. The number of hydrogen-bond acceptors (Lipinski definition) is 5. The molecule has 0 spiro atoms. The van der Waals surface area contributed by atoms with Gasteiger partial charge in [0.2, 0.25) is 0 Å². The molecule has 6 heteroatoms. The number of likely N-dealkylation sites (tertiary alicyclic amines) is 1. The van der Waals surface area contributed by atoms with E-state index >= 15 is 0 Å². The Kier molecular flexibility index (Phi) is 7.94. The van der Waals surface area contributed by atoms with Crippen molar-refractivity contribution >= 4 is 11.6 Å². The molecule has 0 amide bonds. The largest absolute Gasteiger partial charge is 0.389 e. The van der Waals surface area contributed by atoms with E-state index in [-0.39, 0.29) is 0 Å². The second kappa shape index (κ2) is 10.2. The van der Waals surface area contributed by atoms with Gasteiger partial charge < -0.3 is 14.6 Å². The second-order valence-corrected chi connectivity index (χ2v) is 8.50. The molecular weight excluding hydrogens is 364 g/mol. The summed E-state index contributed by atoms with van der Waals surface area (Å²) in [5.41, 5.74) is 1.07. The maximum atomic E-state index is 10.4. The Bertz CT molecular complexity index is 561. The normalized spacial score (nSPS) is 28.5. The number of ether oxygens (including phenoxy) is 2. The van der Waals surface area contributed by atoms with Crippen molar-refractivity contribution < 1.29 is 14.6 Å². The number of nitrogens with zero attached hydrogens (tertiary/aromatic N) is 2. The predicted molar refractivity (Wildman–Crippen MR) is 108 cm³/mol. The molecule has 3 rings (SSSR count). The van der Waals surface area contributed by atoms with Crippen LogP contribution in [0.4, 0.5) is 0 Å². The van der Waals surface area contributed by atoms with Gasteiger partial charge >= 0.3 is 0 Å². The monoisotopic (exact) mass is 396 g/mol. The minimum Gasteiger partial charge on any atom is -0.389 e. The van der Waals surface area contributed by atoms with Crippen molar-refractivity contribution in [1.82, 2.24) is 9.80 Å². The van der Waals surface area contributed by atoms with Crippen molar-refractivity contribution in [2.24, 2.45) is 0 Å². The quantitative estimate of drug-likeness (QED) is 0.732. The zero-order valence-corrected chi connectivity index (χ0v) is 17.3. The number of aliphatic hydroxyl groups is 1. The molecule has 5 nitrogen and oxygen atoms in total.